The molecule has 0 unspecified atom stereocenters. The van der Waals surface area contributed by atoms with Crippen molar-refractivity contribution < 1.29 is 23.1 Å². The number of piperazine rings is 1. The smallest absolute Gasteiger partial charge is 0.281 e. The number of halogens is 2. The Hall–Kier alpha value is -3.55. The van der Waals surface area contributed by atoms with Gasteiger partial charge in [-0.05, 0) is 44.4 Å². The number of likely N-dealkylation sites (tertiary alicyclic amines) is 1. The molecule has 12 nitrogen and oxygen atoms in total. The average Bonchev–Trinajstić information content (AvgIpc) is 3.04. The van der Waals surface area contributed by atoms with E-state index in [-0.39, 0.29) is 35.1 Å². The van der Waals surface area contributed by atoms with Crippen LogP contribution in [0.3, 0.4) is 0 Å². The molecule has 5 rings (SSSR count). The number of anilines is 2. The lowest BCUT2D eigenvalue weighted by atomic mass is 9.91. The molecule has 0 bridgehead atoms. The van der Waals surface area contributed by atoms with Gasteiger partial charge in [0.25, 0.3) is 6.43 Å². The summed E-state index contributed by atoms with van der Waals surface area (Å²) in [5.41, 5.74) is 5.10. The molecule has 234 valence electrons. The summed E-state index contributed by atoms with van der Waals surface area (Å²) in [7, 11) is 0. The molecule has 3 aliphatic heterocycles. The zero-order chi connectivity index (χ0) is 30.3. The van der Waals surface area contributed by atoms with Crippen LogP contribution < -0.4 is 10.6 Å². The number of rotatable bonds is 9. The SMILES string of the molecule is CCC(=O)N1CCC(CCCC(=O)N2CCN(c3nc(-c4cnc(N)nc4C(F)F)nc(C4CCOCC4)n3)CC2)CC1. The molecular weight excluding hydrogens is 560 g/mol. The number of ether oxygens (including phenoxy) is 1. The van der Waals surface area contributed by atoms with Gasteiger partial charge in [-0.1, -0.05) is 6.92 Å². The van der Waals surface area contributed by atoms with E-state index in [0.29, 0.717) is 69.9 Å². The summed E-state index contributed by atoms with van der Waals surface area (Å²) < 4.78 is 33.3. The van der Waals surface area contributed by atoms with Gasteiger partial charge in [0.15, 0.2) is 5.82 Å². The lowest BCUT2D eigenvalue weighted by molar-refractivity contribution is -0.132. The molecule has 2 aromatic rings. The van der Waals surface area contributed by atoms with E-state index in [4.69, 9.17) is 15.5 Å². The van der Waals surface area contributed by atoms with Gasteiger partial charge in [0.1, 0.15) is 11.5 Å². The molecule has 3 fully saturated rings. The third-order valence-corrected chi connectivity index (χ3v) is 8.70. The van der Waals surface area contributed by atoms with E-state index in [0.717, 1.165) is 51.6 Å². The summed E-state index contributed by atoms with van der Waals surface area (Å²) in [6.45, 7) is 6.77. The van der Waals surface area contributed by atoms with Crippen molar-refractivity contribution in [2.75, 3.05) is 63.1 Å². The van der Waals surface area contributed by atoms with Gasteiger partial charge in [-0.2, -0.15) is 9.97 Å². The van der Waals surface area contributed by atoms with Gasteiger partial charge in [0.2, 0.25) is 23.7 Å². The number of alkyl halides is 2. The number of amides is 2. The van der Waals surface area contributed by atoms with Crippen LogP contribution in [-0.2, 0) is 14.3 Å². The minimum atomic E-state index is -2.88. The molecule has 5 heterocycles. The third kappa shape index (κ3) is 7.70. The van der Waals surface area contributed by atoms with Crippen molar-refractivity contribution in [2.24, 2.45) is 5.92 Å². The molecule has 2 N–H and O–H groups in total. The minimum Gasteiger partial charge on any atom is -0.381 e. The lowest BCUT2D eigenvalue weighted by Gasteiger charge is -2.35. The van der Waals surface area contributed by atoms with Gasteiger partial charge in [0.05, 0.1) is 5.56 Å². The van der Waals surface area contributed by atoms with Crippen LogP contribution in [-0.4, -0.2) is 99.0 Å². The molecule has 0 spiro atoms. The van der Waals surface area contributed by atoms with Gasteiger partial charge in [-0.15, -0.1) is 0 Å². The molecule has 3 saturated heterocycles. The third-order valence-electron chi connectivity index (χ3n) is 8.70. The number of nitrogens with zero attached hydrogens (tertiary/aromatic N) is 8. The Morgan fingerprint density at radius 3 is 2.33 bits per heavy atom. The number of hydrogen-bond donors (Lipinski definition) is 1. The fraction of sp³-hybridized carbons (Fsp3) is 0.690. The fourth-order valence-electron chi connectivity index (χ4n) is 6.08. The first-order valence-electron chi connectivity index (χ1n) is 15.4. The van der Waals surface area contributed by atoms with Crippen molar-refractivity contribution in [3.63, 3.8) is 0 Å². The summed E-state index contributed by atoms with van der Waals surface area (Å²) in [6, 6.07) is 0. The zero-order valence-corrected chi connectivity index (χ0v) is 24.8. The summed E-state index contributed by atoms with van der Waals surface area (Å²) in [4.78, 5) is 52.3. The Labute approximate surface area is 250 Å². The summed E-state index contributed by atoms with van der Waals surface area (Å²) in [5, 5.41) is 0. The Kier molecular flexibility index (Phi) is 10.3. The Balaban J connectivity index is 1.21. The summed E-state index contributed by atoms with van der Waals surface area (Å²) >= 11 is 0. The summed E-state index contributed by atoms with van der Waals surface area (Å²) in [5.74, 6) is 1.70. The molecule has 0 saturated carbocycles. The van der Waals surface area contributed by atoms with Crippen molar-refractivity contribution >= 4 is 23.7 Å². The average molecular weight is 602 g/mol. The second-order valence-corrected chi connectivity index (χ2v) is 11.5. The lowest BCUT2D eigenvalue weighted by Crippen LogP contribution is -2.49. The number of piperidine rings is 1. The van der Waals surface area contributed by atoms with Crippen LogP contribution in [0.25, 0.3) is 11.4 Å². The number of nitrogen functional groups attached to an aromatic ring is 1. The van der Waals surface area contributed by atoms with E-state index in [2.05, 4.69) is 19.9 Å². The zero-order valence-electron chi connectivity index (χ0n) is 24.8. The molecule has 0 radical (unpaired) electrons. The van der Waals surface area contributed by atoms with E-state index in [1.165, 1.54) is 6.20 Å². The maximum Gasteiger partial charge on any atom is 0.281 e. The molecular formula is C29H41F2N9O3. The van der Waals surface area contributed by atoms with Gasteiger partial charge in [-0.3, -0.25) is 9.59 Å². The van der Waals surface area contributed by atoms with Crippen LogP contribution in [0.15, 0.2) is 6.20 Å². The first kappa shape index (κ1) is 30.9. The number of hydrogen-bond acceptors (Lipinski definition) is 10. The number of carbonyl (C=O) groups is 2. The number of nitrogens with two attached hydrogens (primary N) is 1. The number of aromatic nitrogens is 5. The van der Waals surface area contributed by atoms with E-state index in [1.807, 2.05) is 21.6 Å². The second-order valence-electron chi connectivity index (χ2n) is 11.5. The Bertz CT molecular complexity index is 1260. The minimum absolute atomic E-state index is 0.0150. The Morgan fingerprint density at radius 1 is 0.953 bits per heavy atom. The van der Waals surface area contributed by atoms with Crippen LogP contribution in [0, 0.1) is 5.92 Å². The molecule has 14 heteroatoms. The highest BCUT2D eigenvalue weighted by atomic mass is 19.3. The van der Waals surface area contributed by atoms with Crippen LogP contribution in [0.1, 0.15) is 82.2 Å². The first-order valence-corrected chi connectivity index (χ1v) is 15.4. The van der Waals surface area contributed by atoms with E-state index < -0.39 is 12.1 Å². The normalized spacial score (nSPS) is 18.8. The molecule has 0 aromatic carbocycles. The summed E-state index contributed by atoms with van der Waals surface area (Å²) in [6.07, 6.45) is 4.71. The maximum atomic E-state index is 13.9. The van der Waals surface area contributed by atoms with Crippen LogP contribution in [0.5, 0.6) is 0 Å². The van der Waals surface area contributed by atoms with E-state index in [1.54, 1.807) is 0 Å². The van der Waals surface area contributed by atoms with Gasteiger partial charge < -0.3 is 25.2 Å². The van der Waals surface area contributed by atoms with E-state index in [9.17, 15) is 18.4 Å². The second kappa shape index (κ2) is 14.3. The van der Waals surface area contributed by atoms with Gasteiger partial charge in [-0.25, -0.2) is 23.7 Å². The molecule has 0 aliphatic carbocycles. The predicted molar refractivity (Wildman–Crippen MR) is 155 cm³/mol. The largest absolute Gasteiger partial charge is 0.381 e. The Morgan fingerprint density at radius 2 is 1.65 bits per heavy atom. The maximum absolute atomic E-state index is 13.9. The fourth-order valence-corrected chi connectivity index (χ4v) is 6.08. The van der Waals surface area contributed by atoms with Crippen molar-refractivity contribution in [1.29, 1.82) is 0 Å². The van der Waals surface area contributed by atoms with Crippen molar-refractivity contribution in [3.05, 3.63) is 17.7 Å². The van der Waals surface area contributed by atoms with Crippen molar-refractivity contribution in [3.8, 4) is 11.4 Å². The standard InChI is InChI=1S/C29H41F2N9O3/c1-2-22(41)38-10-6-19(7-11-38)4-3-5-23(42)39-12-14-40(15-13-39)29-36-26(20-8-16-43-17-9-20)35-27(37-29)21-18-33-28(32)34-24(21)25(30)31/h18-20,25H,2-17H2,1H3,(H2,32,33,34). The van der Waals surface area contributed by atoms with Crippen LogP contribution in [0.2, 0.25) is 0 Å². The molecule has 3 aliphatic rings. The first-order chi connectivity index (χ1) is 20.8. The topological polar surface area (TPSA) is 144 Å². The van der Waals surface area contributed by atoms with Crippen LogP contribution >= 0.6 is 0 Å². The monoisotopic (exact) mass is 601 g/mol. The molecule has 2 aromatic heterocycles. The van der Waals surface area contributed by atoms with Gasteiger partial charge >= 0.3 is 0 Å². The number of carbonyl (C=O) groups excluding carboxylic acids is 2. The highest BCUT2D eigenvalue weighted by Crippen LogP contribution is 2.31. The van der Waals surface area contributed by atoms with E-state index >= 15 is 0 Å². The molecule has 43 heavy (non-hydrogen) atoms. The van der Waals surface area contributed by atoms with Crippen molar-refractivity contribution in [2.45, 2.75) is 70.6 Å². The van der Waals surface area contributed by atoms with Gasteiger partial charge in [0, 0.05) is 77.4 Å². The molecule has 2 amide bonds. The molecule has 0 atom stereocenters. The van der Waals surface area contributed by atoms with Crippen molar-refractivity contribution in [1.82, 2.24) is 34.7 Å². The quantitative estimate of drug-likeness (QED) is 0.455. The van der Waals surface area contributed by atoms with Crippen LogP contribution in [0.4, 0.5) is 20.7 Å². The predicted octanol–water partition coefficient (Wildman–Crippen LogP) is 3.21. The highest BCUT2D eigenvalue weighted by Gasteiger charge is 2.28. The highest BCUT2D eigenvalue weighted by molar-refractivity contribution is 5.76.